The van der Waals surface area contributed by atoms with Crippen molar-refractivity contribution < 1.29 is 8.42 Å². The molecule has 2 rings (SSSR count). The Labute approximate surface area is 100 Å². The van der Waals surface area contributed by atoms with Gasteiger partial charge in [-0.1, -0.05) is 0 Å². The Morgan fingerprint density at radius 2 is 2.35 bits per heavy atom. The van der Waals surface area contributed by atoms with Crippen LogP contribution in [0.4, 0.5) is 0 Å². The summed E-state index contributed by atoms with van der Waals surface area (Å²) >= 11 is 0. The number of nitriles is 1. The van der Waals surface area contributed by atoms with Crippen molar-refractivity contribution in [2.45, 2.75) is 23.1 Å². The lowest BCUT2D eigenvalue weighted by molar-refractivity contribution is 0.495. The van der Waals surface area contributed by atoms with Crippen LogP contribution >= 0.6 is 0 Å². The number of hydrogen-bond donors (Lipinski definition) is 1. The van der Waals surface area contributed by atoms with Crippen molar-refractivity contribution in [3.63, 3.8) is 0 Å². The number of nitrogens with one attached hydrogen (secondary N) is 1. The fourth-order valence-corrected chi connectivity index (χ4v) is 3.70. The average molecular weight is 251 g/mol. The van der Waals surface area contributed by atoms with E-state index >= 15 is 0 Å². The third kappa shape index (κ3) is 2.30. The van der Waals surface area contributed by atoms with Crippen molar-refractivity contribution in [2.24, 2.45) is 0 Å². The summed E-state index contributed by atoms with van der Waals surface area (Å²) in [5.74, 6) is 0. The van der Waals surface area contributed by atoms with Crippen LogP contribution in [0.25, 0.3) is 0 Å². The van der Waals surface area contributed by atoms with Gasteiger partial charge in [0, 0.05) is 12.7 Å². The Balaban J connectivity index is 2.41. The third-order valence-electron chi connectivity index (χ3n) is 2.85. The van der Waals surface area contributed by atoms with E-state index < -0.39 is 15.1 Å². The van der Waals surface area contributed by atoms with E-state index in [0.29, 0.717) is 13.0 Å². The monoisotopic (exact) mass is 251 g/mol. The number of pyridine rings is 1. The summed E-state index contributed by atoms with van der Waals surface area (Å²) in [4.78, 5) is 3.86. The summed E-state index contributed by atoms with van der Waals surface area (Å²) in [6, 6.07) is 4.93. The first-order chi connectivity index (χ1) is 8.16. The molecule has 1 aromatic rings. The fourth-order valence-electron chi connectivity index (χ4n) is 1.95. The molecule has 1 unspecified atom stereocenters. The van der Waals surface area contributed by atoms with Crippen LogP contribution in [0.3, 0.4) is 0 Å². The average Bonchev–Trinajstić information content (AvgIpc) is 2.39. The van der Waals surface area contributed by atoms with Gasteiger partial charge in [0.1, 0.15) is 6.07 Å². The summed E-state index contributed by atoms with van der Waals surface area (Å²) in [6.45, 7) is 1.28. The number of hydrogen-bond acceptors (Lipinski definition) is 5. The molecule has 1 aliphatic heterocycles. The Hall–Kier alpha value is -1.45. The van der Waals surface area contributed by atoms with Crippen LogP contribution < -0.4 is 5.32 Å². The lowest BCUT2D eigenvalue weighted by atomic mass is 10.2. The molecule has 2 heterocycles. The van der Waals surface area contributed by atoms with E-state index in [9.17, 15) is 8.42 Å². The quantitative estimate of drug-likeness (QED) is 0.826. The van der Waals surface area contributed by atoms with Crippen molar-refractivity contribution in [2.75, 3.05) is 13.1 Å². The van der Waals surface area contributed by atoms with Crippen LogP contribution in [-0.2, 0) is 9.84 Å². The minimum Gasteiger partial charge on any atom is -0.315 e. The molecule has 0 aliphatic carbocycles. The van der Waals surface area contributed by atoms with Crippen molar-refractivity contribution in [3.05, 3.63) is 23.9 Å². The van der Waals surface area contributed by atoms with Gasteiger partial charge in [0.05, 0.1) is 10.8 Å². The zero-order valence-corrected chi connectivity index (χ0v) is 10.1. The standard InChI is InChI=1S/C11H13N3O2S/c12-7-9-3-1-6-14-11(9)17(15,16)10-4-2-5-13-8-10/h1,3,6,10,13H,2,4-5,8H2. The van der Waals surface area contributed by atoms with Crippen molar-refractivity contribution in [1.29, 1.82) is 5.26 Å². The number of rotatable bonds is 2. The zero-order valence-electron chi connectivity index (χ0n) is 9.26. The predicted molar refractivity (Wildman–Crippen MR) is 62.0 cm³/mol. The summed E-state index contributed by atoms with van der Waals surface area (Å²) in [7, 11) is -3.50. The first kappa shape index (κ1) is 12.0. The van der Waals surface area contributed by atoms with E-state index in [1.54, 1.807) is 6.07 Å². The molecule has 5 nitrogen and oxygen atoms in total. The maximum atomic E-state index is 12.3. The molecule has 0 bridgehead atoms. The number of piperidine rings is 1. The highest BCUT2D eigenvalue weighted by Gasteiger charge is 2.31. The minimum atomic E-state index is -3.50. The van der Waals surface area contributed by atoms with Crippen molar-refractivity contribution in [1.82, 2.24) is 10.3 Å². The van der Waals surface area contributed by atoms with Gasteiger partial charge in [-0.05, 0) is 31.5 Å². The van der Waals surface area contributed by atoms with Crippen LogP contribution in [0.2, 0.25) is 0 Å². The summed E-state index contributed by atoms with van der Waals surface area (Å²) in [5.41, 5.74) is 0.123. The summed E-state index contributed by atoms with van der Waals surface area (Å²) in [5, 5.41) is 11.4. The highest BCUT2D eigenvalue weighted by molar-refractivity contribution is 7.92. The minimum absolute atomic E-state index is 0.0869. The van der Waals surface area contributed by atoms with E-state index in [2.05, 4.69) is 10.3 Å². The zero-order chi connectivity index (χ0) is 12.3. The van der Waals surface area contributed by atoms with Crippen molar-refractivity contribution >= 4 is 9.84 Å². The molecule has 17 heavy (non-hydrogen) atoms. The normalized spacial score (nSPS) is 20.8. The molecule has 1 fully saturated rings. The van der Waals surface area contributed by atoms with Gasteiger partial charge in [-0.15, -0.1) is 0 Å². The van der Waals surface area contributed by atoms with E-state index in [1.807, 2.05) is 6.07 Å². The Morgan fingerprint density at radius 3 is 3.00 bits per heavy atom. The van der Waals surface area contributed by atoms with Crippen LogP contribution in [0.1, 0.15) is 18.4 Å². The smallest absolute Gasteiger partial charge is 0.201 e. The number of aromatic nitrogens is 1. The molecule has 1 atom stereocenters. The molecule has 1 saturated heterocycles. The van der Waals surface area contributed by atoms with Crippen LogP contribution in [-0.4, -0.2) is 31.7 Å². The highest BCUT2D eigenvalue weighted by Crippen LogP contribution is 2.21. The van der Waals surface area contributed by atoms with E-state index in [-0.39, 0.29) is 10.6 Å². The number of sulfone groups is 1. The van der Waals surface area contributed by atoms with E-state index in [1.165, 1.54) is 12.3 Å². The molecule has 90 valence electrons. The van der Waals surface area contributed by atoms with Gasteiger partial charge in [-0.2, -0.15) is 5.26 Å². The second-order valence-electron chi connectivity index (χ2n) is 3.98. The third-order valence-corrected chi connectivity index (χ3v) is 5.00. The van der Waals surface area contributed by atoms with Gasteiger partial charge >= 0.3 is 0 Å². The lowest BCUT2D eigenvalue weighted by Crippen LogP contribution is -2.39. The molecule has 1 aromatic heterocycles. The van der Waals surface area contributed by atoms with Crippen LogP contribution in [0.5, 0.6) is 0 Å². The first-order valence-electron chi connectivity index (χ1n) is 5.46. The van der Waals surface area contributed by atoms with Crippen LogP contribution in [0, 0.1) is 11.3 Å². The van der Waals surface area contributed by atoms with E-state index in [0.717, 1.165) is 13.0 Å². The maximum Gasteiger partial charge on any atom is 0.201 e. The molecular formula is C11H13N3O2S. The number of nitrogens with zero attached hydrogens (tertiary/aromatic N) is 2. The fraction of sp³-hybridized carbons (Fsp3) is 0.455. The molecule has 1 N–H and O–H groups in total. The maximum absolute atomic E-state index is 12.3. The van der Waals surface area contributed by atoms with Crippen LogP contribution in [0.15, 0.2) is 23.4 Å². The van der Waals surface area contributed by atoms with E-state index in [4.69, 9.17) is 5.26 Å². The van der Waals surface area contributed by atoms with Gasteiger partial charge in [0.25, 0.3) is 0 Å². The van der Waals surface area contributed by atoms with Gasteiger partial charge in [-0.3, -0.25) is 0 Å². The first-order valence-corrected chi connectivity index (χ1v) is 7.00. The molecule has 0 amide bonds. The molecule has 0 radical (unpaired) electrons. The molecule has 0 saturated carbocycles. The highest BCUT2D eigenvalue weighted by atomic mass is 32.2. The molecule has 0 spiro atoms. The molecule has 6 heteroatoms. The second kappa shape index (κ2) is 4.82. The topological polar surface area (TPSA) is 82.8 Å². The van der Waals surface area contributed by atoms with Gasteiger partial charge in [0.15, 0.2) is 5.03 Å². The lowest BCUT2D eigenvalue weighted by Gasteiger charge is -2.22. The SMILES string of the molecule is N#Cc1cccnc1S(=O)(=O)C1CCCNC1. The predicted octanol–water partition coefficient (Wildman–Crippen LogP) is 0.479. The Bertz CT molecular complexity index is 542. The van der Waals surface area contributed by atoms with Gasteiger partial charge in [-0.25, -0.2) is 13.4 Å². The Kier molecular flexibility index (Phi) is 3.41. The van der Waals surface area contributed by atoms with Gasteiger partial charge < -0.3 is 5.32 Å². The molecular weight excluding hydrogens is 238 g/mol. The molecule has 1 aliphatic rings. The van der Waals surface area contributed by atoms with Gasteiger partial charge in [0.2, 0.25) is 9.84 Å². The molecule has 0 aromatic carbocycles. The summed E-state index contributed by atoms with van der Waals surface area (Å²) in [6.07, 6.45) is 2.86. The van der Waals surface area contributed by atoms with Crippen molar-refractivity contribution in [3.8, 4) is 6.07 Å². The Morgan fingerprint density at radius 1 is 1.53 bits per heavy atom. The summed E-state index contributed by atoms with van der Waals surface area (Å²) < 4.78 is 24.6. The second-order valence-corrected chi connectivity index (χ2v) is 6.12. The largest absolute Gasteiger partial charge is 0.315 e.